The summed E-state index contributed by atoms with van der Waals surface area (Å²) in [5, 5.41) is 28.2. The Bertz CT molecular complexity index is 850. The van der Waals surface area contributed by atoms with Gasteiger partial charge >= 0.3 is 11.9 Å². The highest BCUT2D eigenvalue weighted by atomic mass is 16.4. The van der Waals surface area contributed by atoms with Crippen LogP contribution in [-0.2, 0) is 25.6 Å². The first-order valence-electron chi connectivity index (χ1n) is 12.8. The van der Waals surface area contributed by atoms with Gasteiger partial charge in [-0.25, -0.2) is 4.79 Å². The zero-order chi connectivity index (χ0) is 26.3. The minimum Gasteiger partial charge on any atom is -0.480 e. The Morgan fingerprint density at radius 1 is 1.00 bits per heavy atom. The van der Waals surface area contributed by atoms with Crippen molar-refractivity contribution in [3.8, 4) is 0 Å². The maximum absolute atomic E-state index is 13.3. The number of aryl methyl sites for hydroxylation is 1. The Hall–Kier alpha value is -2.98. The maximum Gasteiger partial charge on any atom is 0.326 e. The molecular weight excluding hydrogens is 464 g/mol. The summed E-state index contributed by atoms with van der Waals surface area (Å²) in [4.78, 5) is 50.2. The van der Waals surface area contributed by atoms with E-state index in [1.54, 1.807) is 0 Å². The van der Waals surface area contributed by atoms with E-state index >= 15 is 0 Å². The second kappa shape index (κ2) is 15.9. The van der Waals surface area contributed by atoms with Crippen molar-refractivity contribution in [2.24, 2.45) is 0 Å². The molecule has 1 aromatic rings. The minimum absolute atomic E-state index is 0.0239. The average molecular weight is 505 g/mol. The lowest BCUT2D eigenvalue weighted by molar-refractivity contribution is -0.149. The van der Waals surface area contributed by atoms with Crippen LogP contribution in [0.4, 0.5) is 0 Å². The predicted octanol–water partition coefficient (Wildman–Crippen LogP) is 1.39. The number of rotatable bonds is 17. The Balaban J connectivity index is 1.98. The number of hydrogen-bond donors (Lipinski definition) is 5. The number of aliphatic carboxylic acids is 2. The van der Waals surface area contributed by atoms with Crippen LogP contribution >= 0.6 is 0 Å². The molecule has 1 unspecified atom stereocenters. The molecule has 10 nitrogen and oxygen atoms in total. The highest BCUT2D eigenvalue weighted by Gasteiger charge is 2.38. The molecule has 3 atom stereocenters. The third-order valence-corrected chi connectivity index (χ3v) is 6.46. The molecule has 10 heteroatoms. The molecule has 1 aromatic carbocycles. The van der Waals surface area contributed by atoms with Crippen molar-refractivity contribution >= 4 is 23.8 Å². The normalized spacial score (nSPS) is 16.9. The molecule has 5 N–H and O–H groups in total. The Morgan fingerprint density at radius 3 is 2.42 bits per heavy atom. The quantitative estimate of drug-likeness (QED) is 0.200. The van der Waals surface area contributed by atoms with Gasteiger partial charge in [0, 0.05) is 19.5 Å². The number of carboxylic acids is 2. The van der Waals surface area contributed by atoms with Gasteiger partial charge in [0.1, 0.15) is 12.1 Å². The van der Waals surface area contributed by atoms with Gasteiger partial charge in [-0.05, 0) is 70.5 Å². The number of nitrogens with zero attached hydrogens (tertiary/aromatic N) is 1. The van der Waals surface area contributed by atoms with Gasteiger partial charge in [0.2, 0.25) is 11.8 Å². The SMILES string of the molecule is CNCCCC(=O)NCCCC[C@@H](NC(CCc1ccccc1)C(=O)O)C(=O)N1CCC[C@H]1C(=O)O. The molecule has 36 heavy (non-hydrogen) atoms. The number of hydrogen-bond acceptors (Lipinski definition) is 6. The zero-order valence-corrected chi connectivity index (χ0v) is 21.1. The fourth-order valence-corrected chi connectivity index (χ4v) is 4.46. The fraction of sp³-hybridized carbons (Fsp3) is 0.615. The van der Waals surface area contributed by atoms with E-state index in [0.29, 0.717) is 64.5 Å². The van der Waals surface area contributed by atoms with Crippen LogP contribution < -0.4 is 16.0 Å². The highest BCUT2D eigenvalue weighted by Crippen LogP contribution is 2.20. The number of nitrogens with one attached hydrogen (secondary N) is 3. The largest absolute Gasteiger partial charge is 0.480 e. The monoisotopic (exact) mass is 504 g/mol. The van der Waals surface area contributed by atoms with Gasteiger partial charge in [0.05, 0.1) is 6.04 Å². The van der Waals surface area contributed by atoms with E-state index in [2.05, 4.69) is 16.0 Å². The van der Waals surface area contributed by atoms with E-state index in [1.807, 2.05) is 37.4 Å². The van der Waals surface area contributed by atoms with Crippen LogP contribution in [0.5, 0.6) is 0 Å². The van der Waals surface area contributed by atoms with Gasteiger partial charge in [-0.3, -0.25) is 19.7 Å². The average Bonchev–Trinajstić information content (AvgIpc) is 3.36. The van der Waals surface area contributed by atoms with E-state index in [1.165, 1.54) is 4.90 Å². The zero-order valence-electron chi connectivity index (χ0n) is 21.1. The lowest BCUT2D eigenvalue weighted by Gasteiger charge is -2.29. The summed E-state index contributed by atoms with van der Waals surface area (Å²) in [7, 11) is 1.83. The standard InChI is InChI=1S/C26H40N4O6/c1-27-16-7-13-23(31)28-17-6-5-11-20(24(32)30-18-8-12-22(30)26(35)36)29-21(25(33)34)15-14-19-9-3-2-4-10-19/h2-4,9-10,20-22,27,29H,5-8,11-18H2,1H3,(H,28,31)(H,33,34)(H,35,36)/t20-,21?,22+/m1/s1. The summed E-state index contributed by atoms with van der Waals surface area (Å²) < 4.78 is 0. The summed E-state index contributed by atoms with van der Waals surface area (Å²) in [5.41, 5.74) is 1.00. The van der Waals surface area contributed by atoms with Gasteiger partial charge in [-0.15, -0.1) is 0 Å². The van der Waals surface area contributed by atoms with Crippen molar-refractivity contribution in [1.82, 2.24) is 20.9 Å². The Morgan fingerprint density at radius 2 is 1.75 bits per heavy atom. The molecule has 1 aliphatic rings. The van der Waals surface area contributed by atoms with E-state index in [9.17, 15) is 29.4 Å². The van der Waals surface area contributed by atoms with E-state index in [-0.39, 0.29) is 11.8 Å². The molecule has 0 spiro atoms. The summed E-state index contributed by atoms with van der Waals surface area (Å²) in [6.07, 6.45) is 4.59. The molecule has 200 valence electrons. The van der Waals surface area contributed by atoms with Gasteiger partial charge in [-0.1, -0.05) is 30.3 Å². The first kappa shape index (κ1) is 29.3. The number of amides is 2. The lowest BCUT2D eigenvalue weighted by atomic mass is 10.0. The highest BCUT2D eigenvalue weighted by molar-refractivity contribution is 5.88. The molecule has 0 radical (unpaired) electrons. The number of carbonyl (C=O) groups is 4. The van der Waals surface area contributed by atoms with Crippen LogP contribution in [0.3, 0.4) is 0 Å². The topological polar surface area (TPSA) is 148 Å². The van der Waals surface area contributed by atoms with Crippen LogP contribution in [0, 0.1) is 0 Å². The lowest BCUT2D eigenvalue weighted by Crippen LogP contribution is -2.54. The minimum atomic E-state index is -1.05. The van der Waals surface area contributed by atoms with E-state index in [0.717, 1.165) is 18.5 Å². The molecule has 1 saturated heterocycles. The van der Waals surface area contributed by atoms with E-state index in [4.69, 9.17) is 0 Å². The third-order valence-electron chi connectivity index (χ3n) is 6.46. The summed E-state index contributed by atoms with van der Waals surface area (Å²) in [6.45, 7) is 1.58. The number of unbranched alkanes of at least 4 members (excludes halogenated alkanes) is 1. The fourth-order valence-electron chi connectivity index (χ4n) is 4.46. The molecule has 1 heterocycles. The van der Waals surface area contributed by atoms with Crippen molar-refractivity contribution in [2.75, 3.05) is 26.7 Å². The van der Waals surface area contributed by atoms with Gasteiger partial charge in [0.25, 0.3) is 0 Å². The smallest absolute Gasteiger partial charge is 0.326 e. The number of carbonyl (C=O) groups excluding carboxylic acids is 2. The van der Waals surface area contributed by atoms with Crippen LogP contribution in [0.2, 0.25) is 0 Å². The number of benzene rings is 1. The summed E-state index contributed by atoms with van der Waals surface area (Å²) in [5.74, 6) is -2.49. The van der Waals surface area contributed by atoms with Gasteiger partial charge in [-0.2, -0.15) is 0 Å². The summed E-state index contributed by atoms with van der Waals surface area (Å²) >= 11 is 0. The van der Waals surface area contributed by atoms with Crippen LogP contribution in [0.25, 0.3) is 0 Å². The third kappa shape index (κ3) is 9.94. The molecule has 1 aliphatic heterocycles. The second-order valence-corrected chi connectivity index (χ2v) is 9.22. The van der Waals surface area contributed by atoms with E-state index < -0.39 is 30.1 Å². The summed E-state index contributed by atoms with van der Waals surface area (Å²) in [6, 6.07) is 6.89. The van der Waals surface area contributed by atoms with Crippen molar-refractivity contribution in [3.05, 3.63) is 35.9 Å². The molecule has 2 amide bonds. The molecule has 0 aromatic heterocycles. The Labute approximate surface area is 212 Å². The van der Waals surface area contributed by atoms with Crippen molar-refractivity contribution in [3.63, 3.8) is 0 Å². The van der Waals surface area contributed by atoms with Crippen molar-refractivity contribution < 1.29 is 29.4 Å². The maximum atomic E-state index is 13.3. The number of carboxylic acid groups (broad SMARTS) is 2. The van der Waals surface area contributed by atoms with Crippen molar-refractivity contribution in [1.29, 1.82) is 0 Å². The molecule has 0 saturated carbocycles. The second-order valence-electron chi connectivity index (χ2n) is 9.22. The molecule has 0 aliphatic carbocycles. The van der Waals surface area contributed by atoms with Crippen LogP contribution in [0.1, 0.15) is 56.9 Å². The van der Waals surface area contributed by atoms with Crippen LogP contribution in [-0.4, -0.2) is 83.7 Å². The van der Waals surface area contributed by atoms with Crippen molar-refractivity contribution in [2.45, 2.75) is 75.9 Å². The van der Waals surface area contributed by atoms with Gasteiger partial charge < -0.3 is 25.7 Å². The molecule has 0 bridgehead atoms. The van der Waals surface area contributed by atoms with Crippen LogP contribution in [0.15, 0.2) is 30.3 Å². The molecule has 2 rings (SSSR count). The Kier molecular flexibility index (Phi) is 12.9. The predicted molar refractivity (Wildman–Crippen MR) is 136 cm³/mol. The molecule has 1 fully saturated rings. The first-order valence-corrected chi connectivity index (χ1v) is 12.8. The first-order chi connectivity index (χ1) is 17.3. The van der Waals surface area contributed by atoms with Gasteiger partial charge in [0.15, 0.2) is 0 Å². The number of likely N-dealkylation sites (tertiary alicyclic amines) is 1. The molecular formula is C26H40N4O6.